The van der Waals surface area contributed by atoms with Crippen molar-refractivity contribution in [1.29, 1.82) is 0 Å². The van der Waals surface area contributed by atoms with E-state index in [1.54, 1.807) is 13.2 Å². The molecule has 1 unspecified atom stereocenters. The molecule has 1 aromatic carbocycles. The maximum atomic E-state index is 13.4. The van der Waals surface area contributed by atoms with Gasteiger partial charge in [0.25, 0.3) is 5.91 Å². The van der Waals surface area contributed by atoms with Crippen molar-refractivity contribution < 1.29 is 32.2 Å². The van der Waals surface area contributed by atoms with Gasteiger partial charge in [0.2, 0.25) is 0 Å². The van der Waals surface area contributed by atoms with Crippen LogP contribution >= 0.6 is 0 Å². The van der Waals surface area contributed by atoms with Crippen LogP contribution in [0.25, 0.3) is 0 Å². The number of imide groups is 1. The van der Waals surface area contributed by atoms with Crippen LogP contribution in [0.5, 0.6) is 5.75 Å². The van der Waals surface area contributed by atoms with Crippen LogP contribution in [0.3, 0.4) is 0 Å². The van der Waals surface area contributed by atoms with Crippen molar-refractivity contribution >= 4 is 11.9 Å². The van der Waals surface area contributed by atoms with Crippen LogP contribution in [-0.4, -0.2) is 49.9 Å². The fourth-order valence-electron chi connectivity index (χ4n) is 5.22. The van der Waals surface area contributed by atoms with Crippen LogP contribution in [0, 0.1) is 5.41 Å². The number of carbonyl (C=O) groups excluding carboxylic acids is 2. The summed E-state index contributed by atoms with van der Waals surface area (Å²) in [5.41, 5.74) is -0.690. The lowest BCUT2D eigenvalue weighted by atomic mass is 9.61. The SMILES string of the molecule is COC1CCC2(CC1)Cc1ccc(OC(F)(F)CF)cc1C21NC(=O)N(C)C1=O. The molecule has 1 saturated heterocycles. The van der Waals surface area contributed by atoms with E-state index in [0.717, 1.165) is 23.3 Å². The Morgan fingerprint density at radius 2 is 1.97 bits per heavy atom. The van der Waals surface area contributed by atoms with Gasteiger partial charge in [0.05, 0.1) is 6.10 Å². The zero-order chi connectivity index (χ0) is 21.0. The average molecular weight is 412 g/mol. The van der Waals surface area contributed by atoms with Crippen LogP contribution in [-0.2, 0) is 21.5 Å². The summed E-state index contributed by atoms with van der Waals surface area (Å²) in [6, 6.07) is 3.78. The normalized spacial score (nSPS) is 31.5. The van der Waals surface area contributed by atoms with Gasteiger partial charge in [-0.3, -0.25) is 9.69 Å². The number of hydrogen-bond acceptors (Lipinski definition) is 4. The Balaban J connectivity index is 1.81. The summed E-state index contributed by atoms with van der Waals surface area (Å²) in [7, 11) is 3.04. The van der Waals surface area contributed by atoms with Gasteiger partial charge in [-0.15, -0.1) is 0 Å². The zero-order valence-electron chi connectivity index (χ0n) is 16.3. The molecule has 0 bridgehead atoms. The Bertz CT molecular complexity index is 854. The molecule has 2 spiro atoms. The monoisotopic (exact) mass is 412 g/mol. The number of methoxy groups -OCH3 is 1. The van der Waals surface area contributed by atoms with Gasteiger partial charge in [-0.1, -0.05) is 6.07 Å². The molecule has 4 rings (SSSR count). The first-order chi connectivity index (χ1) is 13.7. The second-order valence-corrected chi connectivity index (χ2v) is 8.13. The highest BCUT2D eigenvalue weighted by atomic mass is 19.3. The number of rotatable bonds is 4. The number of alkyl halides is 3. The lowest BCUT2D eigenvalue weighted by Gasteiger charge is -2.46. The number of urea groups is 1. The first-order valence-corrected chi connectivity index (χ1v) is 9.57. The van der Waals surface area contributed by atoms with E-state index in [9.17, 15) is 22.8 Å². The number of ether oxygens (including phenoxy) is 2. The molecule has 29 heavy (non-hydrogen) atoms. The van der Waals surface area contributed by atoms with E-state index >= 15 is 0 Å². The topological polar surface area (TPSA) is 67.9 Å². The molecule has 6 nitrogen and oxygen atoms in total. The molecular weight excluding hydrogens is 389 g/mol. The standard InChI is InChI=1S/C20H23F3N2O4/c1-25-16(26)20(24-17(25)27)15-9-14(29-19(22,23)11-21)4-3-12(15)10-18(20)7-5-13(28-2)6-8-18/h3-4,9,13H,5-8,10-11H2,1-2H3,(H,24,27). The Hall–Kier alpha value is -2.29. The smallest absolute Gasteiger partial charge is 0.427 e. The maximum absolute atomic E-state index is 13.4. The molecule has 1 saturated carbocycles. The van der Waals surface area contributed by atoms with Gasteiger partial charge in [-0.05, 0) is 55.4 Å². The largest absolute Gasteiger partial charge is 0.431 e. The molecule has 0 aromatic heterocycles. The molecule has 1 atom stereocenters. The third-order valence-electron chi connectivity index (χ3n) is 6.68. The van der Waals surface area contributed by atoms with E-state index in [-0.39, 0.29) is 11.9 Å². The van der Waals surface area contributed by atoms with Crippen LogP contribution < -0.4 is 10.1 Å². The number of hydrogen-bond donors (Lipinski definition) is 1. The highest BCUT2D eigenvalue weighted by Crippen LogP contribution is 2.60. The second-order valence-electron chi connectivity index (χ2n) is 8.13. The number of amides is 3. The van der Waals surface area contributed by atoms with Gasteiger partial charge in [-0.25, -0.2) is 9.18 Å². The number of fused-ring (bicyclic) bond motifs is 3. The summed E-state index contributed by atoms with van der Waals surface area (Å²) in [6.45, 7) is -1.96. The minimum atomic E-state index is -3.96. The molecule has 9 heteroatoms. The highest BCUT2D eigenvalue weighted by Gasteiger charge is 2.67. The molecule has 3 aliphatic rings. The van der Waals surface area contributed by atoms with E-state index in [2.05, 4.69) is 10.1 Å². The minimum absolute atomic E-state index is 0.0773. The average Bonchev–Trinajstić information content (AvgIpc) is 3.09. The molecule has 1 N–H and O–H groups in total. The summed E-state index contributed by atoms with van der Waals surface area (Å²) in [6.07, 6.45) is -0.640. The number of nitrogens with one attached hydrogen (secondary N) is 1. The first-order valence-electron chi connectivity index (χ1n) is 9.57. The molecule has 2 aliphatic carbocycles. The molecule has 1 aromatic rings. The van der Waals surface area contributed by atoms with Gasteiger partial charge < -0.3 is 14.8 Å². The number of likely N-dealkylation sites (N-methyl/N-ethyl adjacent to an activating group) is 1. The van der Waals surface area contributed by atoms with Crippen molar-refractivity contribution in [2.24, 2.45) is 5.41 Å². The lowest BCUT2D eigenvalue weighted by molar-refractivity contribution is -0.186. The lowest BCUT2D eigenvalue weighted by Crippen LogP contribution is -2.56. The van der Waals surface area contributed by atoms with Crippen LogP contribution in [0.15, 0.2) is 18.2 Å². The molecule has 2 fully saturated rings. The molecule has 0 radical (unpaired) electrons. The number of benzene rings is 1. The summed E-state index contributed by atoms with van der Waals surface area (Å²) in [4.78, 5) is 26.8. The molecule has 1 aliphatic heterocycles. The third-order valence-corrected chi connectivity index (χ3v) is 6.68. The van der Waals surface area contributed by atoms with Gasteiger partial charge in [0, 0.05) is 19.6 Å². The van der Waals surface area contributed by atoms with Gasteiger partial charge in [0.15, 0.2) is 12.2 Å². The summed E-state index contributed by atoms with van der Waals surface area (Å²) in [5.74, 6) is -0.656. The maximum Gasteiger partial charge on any atom is 0.427 e. The predicted octanol–water partition coefficient (Wildman–Crippen LogP) is 3.14. The van der Waals surface area contributed by atoms with Crippen molar-refractivity contribution in [2.75, 3.05) is 20.8 Å². The summed E-state index contributed by atoms with van der Waals surface area (Å²) in [5, 5.41) is 2.86. The van der Waals surface area contributed by atoms with E-state index in [1.165, 1.54) is 19.2 Å². The van der Waals surface area contributed by atoms with Crippen molar-refractivity contribution in [3.8, 4) is 5.75 Å². The minimum Gasteiger partial charge on any atom is -0.431 e. The zero-order valence-corrected chi connectivity index (χ0v) is 16.3. The van der Waals surface area contributed by atoms with Crippen LogP contribution in [0.2, 0.25) is 0 Å². The Morgan fingerprint density at radius 3 is 2.52 bits per heavy atom. The van der Waals surface area contributed by atoms with Gasteiger partial charge >= 0.3 is 12.1 Å². The molecule has 1 heterocycles. The quantitative estimate of drug-likeness (QED) is 0.772. The van der Waals surface area contributed by atoms with Crippen molar-refractivity contribution in [2.45, 2.75) is 49.9 Å². The van der Waals surface area contributed by atoms with Crippen LogP contribution in [0.1, 0.15) is 36.8 Å². The van der Waals surface area contributed by atoms with Crippen molar-refractivity contribution in [3.63, 3.8) is 0 Å². The molecular formula is C20H23F3N2O4. The summed E-state index contributed by atoms with van der Waals surface area (Å²) < 4.78 is 49.4. The van der Waals surface area contributed by atoms with E-state index in [0.29, 0.717) is 24.8 Å². The Kier molecular flexibility index (Phi) is 4.56. The highest BCUT2D eigenvalue weighted by molar-refractivity contribution is 6.08. The van der Waals surface area contributed by atoms with E-state index in [4.69, 9.17) is 4.74 Å². The number of halogens is 3. The first kappa shape index (κ1) is 20.0. The fraction of sp³-hybridized carbons (Fsp3) is 0.600. The van der Waals surface area contributed by atoms with E-state index < -0.39 is 35.7 Å². The fourth-order valence-corrected chi connectivity index (χ4v) is 5.22. The predicted molar refractivity (Wildman–Crippen MR) is 96.4 cm³/mol. The number of carbonyl (C=O) groups is 2. The van der Waals surface area contributed by atoms with E-state index in [1.807, 2.05) is 0 Å². The Labute approximate surface area is 166 Å². The number of nitrogens with zero attached hydrogens (tertiary/aromatic N) is 1. The Morgan fingerprint density at radius 1 is 1.28 bits per heavy atom. The van der Waals surface area contributed by atoms with Crippen molar-refractivity contribution in [1.82, 2.24) is 10.2 Å². The van der Waals surface area contributed by atoms with Crippen LogP contribution in [0.4, 0.5) is 18.0 Å². The second kappa shape index (κ2) is 6.62. The van der Waals surface area contributed by atoms with Gasteiger partial charge in [-0.2, -0.15) is 8.78 Å². The molecule has 3 amide bonds. The molecule has 158 valence electrons. The third kappa shape index (κ3) is 2.81. The van der Waals surface area contributed by atoms with Gasteiger partial charge in [0.1, 0.15) is 5.75 Å². The van der Waals surface area contributed by atoms with Crippen molar-refractivity contribution in [3.05, 3.63) is 29.3 Å². The summed E-state index contributed by atoms with van der Waals surface area (Å²) >= 11 is 0.